The lowest BCUT2D eigenvalue weighted by atomic mass is 9.97. The van der Waals surface area contributed by atoms with Crippen molar-refractivity contribution < 1.29 is 0 Å². The molecule has 1 aliphatic rings. The van der Waals surface area contributed by atoms with E-state index in [0.29, 0.717) is 6.04 Å². The average molecular weight is 328 g/mol. The van der Waals surface area contributed by atoms with E-state index in [1.807, 2.05) is 12.1 Å². The van der Waals surface area contributed by atoms with Crippen LogP contribution in [-0.4, -0.2) is 31.1 Å². The summed E-state index contributed by atoms with van der Waals surface area (Å²) in [5, 5.41) is 12.3. The second-order valence-electron chi connectivity index (χ2n) is 5.20. The van der Waals surface area contributed by atoms with Crippen molar-refractivity contribution in [3.8, 4) is 6.07 Å². The summed E-state index contributed by atoms with van der Waals surface area (Å²) in [6, 6.07) is 10.5. The molecule has 21 heavy (non-hydrogen) atoms. The van der Waals surface area contributed by atoms with Crippen LogP contribution in [0.4, 0.5) is 0 Å². The van der Waals surface area contributed by atoms with Gasteiger partial charge in [-0.3, -0.25) is 4.90 Å². The smallest absolute Gasteiger partial charge is 0.0991 e. The van der Waals surface area contributed by atoms with Crippen LogP contribution in [0.3, 0.4) is 0 Å². The van der Waals surface area contributed by atoms with Crippen molar-refractivity contribution in [1.82, 2.24) is 10.2 Å². The molecule has 0 radical (unpaired) electrons. The lowest BCUT2D eigenvalue weighted by Crippen LogP contribution is -2.45. The van der Waals surface area contributed by atoms with Crippen LogP contribution in [0.25, 0.3) is 0 Å². The first-order chi connectivity index (χ1) is 9.20. The van der Waals surface area contributed by atoms with Gasteiger partial charge in [0.25, 0.3) is 0 Å². The number of nitrogens with one attached hydrogen (secondary N) is 1. The van der Waals surface area contributed by atoms with Gasteiger partial charge in [0.2, 0.25) is 0 Å². The number of halogens is 2. The molecule has 0 saturated carbocycles. The Morgan fingerprint density at radius 1 is 1.29 bits per heavy atom. The molecule has 0 aromatic heterocycles. The molecule has 1 aliphatic heterocycles. The molecule has 0 unspecified atom stereocenters. The van der Waals surface area contributed by atoms with Gasteiger partial charge in [-0.25, -0.2) is 0 Å². The third-order valence-corrected chi connectivity index (χ3v) is 3.56. The molecule has 0 bridgehead atoms. The molecule has 3 nitrogen and oxygen atoms in total. The molecular weight excluding hydrogens is 305 g/mol. The maximum Gasteiger partial charge on any atom is 0.0991 e. The first-order valence-corrected chi connectivity index (χ1v) is 6.80. The van der Waals surface area contributed by atoms with Gasteiger partial charge < -0.3 is 5.32 Å². The molecule has 0 amide bonds. The summed E-state index contributed by atoms with van der Waals surface area (Å²) < 4.78 is 0. The number of nitriles is 1. The van der Waals surface area contributed by atoms with Crippen LogP contribution >= 0.6 is 24.8 Å². The van der Waals surface area contributed by atoms with Crippen LogP contribution in [0.5, 0.6) is 0 Å². The zero-order chi connectivity index (χ0) is 13.7. The molecule has 5 heteroatoms. The van der Waals surface area contributed by atoms with Crippen LogP contribution in [0.1, 0.15) is 30.5 Å². The summed E-state index contributed by atoms with van der Waals surface area (Å²) in [7, 11) is 0. The molecule has 1 aromatic rings. The van der Waals surface area contributed by atoms with E-state index in [1.165, 1.54) is 11.1 Å². The topological polar surface area (TPSA) is 39.1 Å². The molecule has 2 rings (SSSR count). The molecule has 1 aromatic carbocycles. The number of rotatable bonds is 4. The van der Waals surface area contributed by atoms with Crippen LogP contribution in [0.2, 0.25) is 0 Å². The number of nitrogens with zero attached hydrogens (tertiary/aromatic N) is 2. The van der Waals surface area contributed by atoms with Crippen molar-refractivity contribution in [3.63, 3.8) is 0 Å². The van der Waals surface area contributed by atoms with Crippen molar-refractivity contribution in [1.29, 1.82) is 5.26 Å². The summed E-state index contributed by atoms with van der Waals surface area (Å²) >= 11 is 0. The van der Waals surface area contributed by atoms with Gasteiger partial charge in [-0.1, -0.05) is 17.7 Å². The second-order valence-corrected chi connectivity index (χ2v) is 5.20. The predicted molar refractivity (Wildman–Crippen MR) is 92.3 cm³/mol. The van der Waals surface area contributed by atoms with Gasteiger partial charge in [0.1, 0.15) is 0 Å². The highest BCUT2D eigenvalue weighted by Gasteiger charge is 2.21. The Bertz CT molecular complexity index is 473. The van der Waals surface area contributed by atoms with Gasteiger partial charge in [-0.05, 0) is 31.0 Å². The Kier molecular flexibility index (Phi) is 9.32. The Balaban J connectivity index is 0.00000200. The summed E-state index contributed by atoms with van der Waals surface area (Å²) in [6.45, 7) is 10.4. The van der Waals surface area contributed by atoms with Crippen LogP contribution in [-0.2, 0) is 0 Å². The van der Waals surface area contributed by atoms with Gasteiger partial charge in [0, 0.05) is 32.2 Å². The lowest BCUT2D eigenvalue weighted by molar-refractivity contribution is 0.172. The number of benzene rings is 1. The molecule has 1 heterocycles. The number of hydrogen-bond donors (Lipinski definition) is 1. The van der Waals surface area contributed by atoms with E-state index < -0.39 is 0 Å². The molecule has 1 atom stereocenters. The summed E-state index contributed by atoms with van der Waals surface area (Å²) in [5.41, 5.74) is 3.20. The van der Waals surface area contributed by atoms with E-state index in [-0.39, 0.29) is 24.8 Å². The Labute approximate surface area is 139 Å². The predicted octanol–water partition coefficient (Wildman–Crippen LogP) is 3.31. The van der Waals surface area contributed by atoms with E-state index in [0.717, 1.165) is 38.2 Å². The maximum absolute atomic E-state index is 8.88. The van der Waals surface area contributed by atoms with Gasteiger partial charge in [-0.2, -0.15) is 5.26 Å². The van der Waals surface area contributed by atoms with E-state index in [1.54, 1.807) is 0 Å². The fourth-order valence-corrected chi connectivity index (χ4v) is 2.56. The fraction of sp³-hybridized carbons (Fsp3) is 0.438. The highest BCUT2D eigenvalue weighted by Crippen LogP contribution is 2.27. The number of hydrogen-bond acceptors (Lipinski definition) is 3. The zero-order valence-corrected chi connectivity index (χ0v) is 14.0. The molecule has 116 valence electrons. The molecule has 1 saturated heterocycles. The third-order valence-electron chi connectivity index (χ3n) is 3.56. The van der Waals surface area contributed by atoms with E-state index in [2.05, 4.69) is 41.9 Å². The lowest BCUT2D eigenvalue weighted by Gasteiger charge is -2.35. The SMILES string of the molecule is C=C(C)C[C@H](c1ccc(C#N)cc1)N1CCNCC1.Cl.Cl. The first kappa shape index (κ1) is 19.9. The third kappa shape index (κ3) is 5.68. The largest absolute Gasteiger partial charge is 0.314 e. The molecule has 0 spiro atoms. The van der Waals surface area contributed by atoms with Crippen LogP contribution < -0.4 is 5.32 Å². The van der Waals surface area contributed by atoms with Crippen molar-refractivity contribution in [2.75, 3.05) is 26.2 Å². The van der Waals surface area contributed by atoms with Crippen LogP contribution in [0.15, 0.2) is 36.4 Å². The van der Waals surface area contributed by atoms with Gasteiger partial charge in [0.05, 0.1) is 11.6 Å². The van der Waals surface area contributed by atoms with Gasteiger partial charge in [0.15, 0.2) is 0 Å². The van der Waals surface area contributed by atoms with E-state index >= 15 is 0 Å². The standard InChI is InChI=1S/C16H21N3.2ClH/c1-13(2)11-16(19-9-7-18-8-10-19)15-5-3-14(12-17)4-6-15;;/h3-6,16,18H,1,7-11H2,2H3;2*1H/t16-;;/m1../s1. The quantitative estimate of drug-likeness (QED) is 0.862. The van der Waals surface area contributed by atoms with Crippen molar-refractivity contribution >= 4 is 24.8 Å². The number of piperazine rings is 1. The fourth-order valence-electron chi connectivity index (χ4n) is 2.56. The summed E-state index contributed by atoms with van der Waals surface area (Å²) in [4.78, 5) is 2.51. The highest BCUT2D eigenvalue weighted by molar-refractivity contribution is 5.85. The normalized spacial score (nSPS) is 16.0. The minimum Gasteiger partial charge on any atom is -0.314 e. The maximum atomic E-state index is 8.88. The molecular formula is C16H23Cl2N3. The van der Waals surface area contributed by atoms with Crippen molar-refractivity contribution in [2.24, 2.45) is 0 Å². The van der Waals surface area contributed by atoms with Crippen LogP contribution in [0, 0.1) is 11.3 Å². The van der Waals surface area contributed by atoms with E-state index in [9.17, 15) is 0 Å². The average Bonchev–Trinajstić information content (AvgIpc) is 2.46. The minimum absolute atomic E-state index is 0. The summed E-state index contributed by atoms with van der Waals surface area (Å²) in [5.74, 6) is 0. The van der Waals surface area contributed by atoms with Gasteiger partial charge in [-0.15, -0.1) is 31.4 Å². The van der Waals surface area contributed by atoms with Gasteiger partial charge >= 0.3 is 0 Å². The Hall–Kier alpha value is -1.05. The Morgan fingerprint density at radius 2 is 1.86 bits per heavy atom. The Morgan fingerprint density at radius 3 is 2.33 bits per heavy atom. The van der Waals surface area contributed by atoms with E-state index in [4.69, 9.17) is 5.26 Å². The zero-order valence-electron chi connectivity index (χ0n) is 12.3. The highest BCUT2D eigenvalue weighted by atomic mass is 35.5. The monoisotopic (exact) mass is 327 g/mol. The molecule has 0 aliphatic carbocycles. The second kappa shape index (κ2) is 9.81. The molecule has 1 N–H and O–H groups in total. The molecule has 1 fully saturated rings. The van der Waals surface area contributed by atoms with Crippen molar-refractivity contribution in [3.05, 3.63) is 47.5 Å². The van der Waals surface area contributed by atoms with Crippen molar-refractivity contribution in [2.45, 2.75) is 19.4 Å². The summed E-state index contributed by atoms with van der Waals surface area (Å²) in [6.07, 6.45) is 0.978. The first-order valence-electron chi connectivity index (χ1n) is 6.80. The minimum atomic E-state index is 0.